The van der Waals surface area contributed by atoms with E-state index in [1.807, 2.05) is 0 Å². The van der Waals surface area contributed by atoms with Gasteiger partial charge in [0.25, 0.3) is 0 Å². The van der Waals surface area contributed by atoms with E-state index in [2.05, 4.69) is 11.8 Å². The van der Waals surface area contributed by atoms with Gasteiger partial charge in [-0.15, -0.1) is 0 Å². The Bertz CT molecular complexity index is 185. The van der Waals surface area contributed by atoms with Crippen molar-refractivity contribution in [2.45, 2.75) is 64.7 Å². The van der Waals surface area contributed by atoms with Crippen molar-refractivity contribution in [2.75, 3.05) is 19.6 Å². The van der Waals surface area contributed by atoms with Crippen molar-refractivity contribution in [3.8, 4) is 0 Å². The van der Waals surface area contributed by atoms with Gasteiger partial charge in [0.2, 0.25) is 0 Å². The van der Waals surface area contributed by atoms with Crippen LogP contribution in [0.1, 0.15) is 64.7 Å². The number of unbranched alkanes of at least 4 members (excludes halogenated alkanes) is 6. The summed E-state index contributed by atoms with van der Waals surface area (Å²) in [4.78, 5) is 13.2. The molecule has 0 spiro atoms. The molecule has 0 unspecified atom stereocenters. The summed E-state index contributed by atoms with van der Waals surface area (Å²) in [7, 11) is 0. The van der Waals surface area contributed by atoms with Crippen LogP contribution in [-0.2, 0) is 4.79 Å². The molecule has 2 heteroatoms. The zero-order chi connectivity index (χ0) is 12.3. The molecule has 1 heterocycles. The Morgan fingerprint density at radius 3 is 2.18 bits per heavy atom. The second-order valence-electron chi connectivity index (χ2n) is 5.44. The number of aldehydes is 1. The van der Waals surface area contributed by atoms with Crippen LogP contribution in [0.3, 0.4) is 0 Å². The van der Waals surface area contributed by atoms with Crippen molar-refractivity contribution in [1.29, 1.82) is 0 Å². The van der Waals surface area contributed by atoms with Crippen LogP contribution in [0.5, 0.6) is 0 Å². The normalized spacial score (nSPS) is 18.4. The second kappa shape index (κ2) is 9.64. The molecule has 1 aliphatic heterocycles. The van der Waals surface area contributed by atoms with E-state index in [9.17, 15) is 4.79 Å². The number of hydrogen-bond donors (Lipinski definition) is 0. The van der Waals surface area contributed by atoms with Crippen LogP contribution < -0.4 is 0 Å². The van der Waals surface area contributed by atoms with Gasteiger partial charge in [-0.1, -0.05) is 45.4 Å². The van der Waals surface area contributed by atoms with E-state index in [4.69, 9.17) is 0 Å². The Hall–Kier alpha value is -0.370. The number of hydrogen-bond acceptors (Lipinski definition) is 2. The predicted octanol–water partition coefficient (Wildman–Crippen LogP) is 3.65. The minimum absolute atomic E-state index is 0.347. The van der Waals surface area contributed by atoms with Crippen LogP contribution in [0.4, 0.5) is 0 Å². The van der Waals surface area contributed by atoms with Gasteiger partial charge in [-0.2, -0.15) is 0 Å². The van der Waals surface area contributed by atoms with E-state index >= 15 is 0 Å². The van der Waals surface area contributed by atoms with Gasteiger partial charge >= 0.3 is 0 Å². The second-order valence-corrected chi connectivity index (χ2v) is 5.44. The number of nitrogens with zero attached hydrogens (tertiary/aromatic N) is 1. The Kier molecular flexibility index (Phi) is 8.33. The molecule has 0 bridgehead atoms. The third-order valence-corrected chi connectivity index (χ3v) is 3.90. The summed E-state index contributed by atoms with van der Waals surface area (Å²) < 4.78 is 0. The minimum Gasteiger partial charge on any atom is -0.303 e. The lowest BCUT2D eigenvalue weighted by atomic mass is 9.98. The van der Waals surface area contributed by atoms with E-state index in [-0.39, 0.29) is 0 Å². The molecule has 1 fully saturated rings. The standard InChI is InChI=1S/C15H29NO/c1-2-3-4-5-6-7-8-11-16-12-9-15(14-17)10-13-16/h14-15H,2-13H2,1H3. The predicted molar refractivity (Wildman–Crippen MR) is 73.2 cm³/mol. The molecular weight excluding hydrogens is 210 g/mol. The Morgan fingerprint density at radius 2 is 1.59 bits per heavy atom. The highest BCUT2D eigenvalue weighted by molar-refractivity contribution is 5.53. The summed E-state index contributed by atoms with van der Waals surface area (Å²) >= 11 is 0. The Morgan fingerprint density at radius 1 is 1.00 bits per heavy atom. The molecule has 1 rings (SSSR count). The maximum Gasteiger partial charge on any atom is 0.123 e. The quantitative estimate of drug-likeness (QED) is 0.452. The first kappa shape index (κ1) is 14.7. The van der Waals surface area contributed by atoms with Gasteiger partial charge < -0.3 is 9.69 Å². The molecular formula is C15H29NO. The average molecular weight is 239 g/mol. The molecule has 100 valence electrons. The number of piperidine rings is 1. The van der Waals surface area contributed by atoms with E-state index in [0.717, 1.165) is 32.2 Å². The number of likely N-dealkylation sites (tertiary alicyclic amines) is 1. The van der Waals surface area contributed by atoms with E-state index in [0.29, 0.717) is 5.92 Å². The number of carbonyl (C=O) groups excluding carboxylic acids is 1. The van der Waals surface area contributed by atoms with Gasteiger partial charge in [0.05, 0.1) is 0 Å². The first-order chi connectivity index (χ1) is 8.36. The largest absolute Gasteiger partial charge is 0.303 e. The van der Waals surface area contributed by atoms with Gasteiger partial charge in [0.15, 0.2) is 0 Å². The molecule has 0 N–H and O–H groups in total. The number of carbonyl (C=O) groups is 1. The highest BCUT2D eigenvalue weighted by Gasteiger charge is 2.17. The monoisotopic (exact) mass is 239 g/mol. The third-order valence-electron chi connectivity index (χ3n) is 3.90. The summed E-state index contributed by atoms with van der Waals surface area (Å²) in [5, 5.41) is 0. The van der Waals surface area contributed by atoms with Crippen LogP contribution in [0.25, 0.3) is 0 Å². The fourth-order valence-electron chi connectivity index (χ4n) is 2.61. The highest BCUT2D eigenvalue weighted by Crippen LogP contribution is 2.15. The Balaban J connectivity index is 1.88. The van der Waals surface area contributed by atoms with E-state index in [1.54, 1.807) is 0 Å². The lowest BCUT2D eigenvalue weighted by Gasteiger charge is -2.29. The van der Waals surface area contributed by atoms with Crippen molar-refractivity contribution in [3.05, 3.63) is 0 Å². The van der Waals surface area contributed by atoms with Crippen molar-refractivity contribution in [3.63, 3.8) is 0 Å². The first-order valence-electron chi connectivity index (χ1n) is 7.54. The van der Waals surface area contributed by atoms with Crippen molar-refractivity contribution in [2.24, 2.45) is 5.92 Å². The van der Waals surface area contributed by atoms with Crippen molar-refractivity contribution in [1.82, 2.24) is 4.90 Å². The van der Waals surface area contributed by atoms with Crippen LogP contribution in [0.15, 0.2) is 0 Å². The third kappa shape index (κ3) is 6.82. The van der Waals surface area contributed by atoms with Gasteiger partial charge in [0, 0.05) is 5.92 Å². The van der Waals surface area contributed by atoms with Crippen molar-refractivity contribution < 1.29 is 4.79 Å². The minimum atomic E-state index is 0.347. The maximum atomic E-state index is 10.6. The van der Waals surface area contributed by atoms with Crippen molar-refractivity contribution >= 4 is 6.29 Å². The molecule has 1 aliphatic rings. The summed E-state index contributed by atoms with van der Waals surface area (Å²) in [6.07, 6.45) is 13.0. The highest BCUT2D eigenvalue weighted by atomic mass is 16.1. The maximum absolute atomic E-state index is 10.6. The molecule has 0 aromatic heterocycles. The van der Waals surface area contributed by atoms with Crippen LogP contribution in [-0.4, -0.2) is 30.8 Å². The molecule has 0 amide bonds. The molecule has 0 aromatic carbocycles. The zero-order valence-corrected chi connectivity index (χ0v) is 11.5. The van der Waals surface area contributed by atoms with E-state index in [1.165, 1.54) is 51.5 Å². The fourth-order valence-corrected chi connectivity index (χ4v) is 2.61. The van der Waals surface area contributed by atoms with E-state index < -0.39 is 0 Å². The molecule has 0 radical (unpaired) electrons. The van der Waals surface area contributed by atoms with Gasteiger partial charge in [-0.05, 0) is 38.9 Å². The molecule has 0 atom stereocenters. The summed E-state index contributed by atoms with van der Waals surface area (Å²) in [6, 6.07) is 0. The number of rotatable bonds is 9. The molecule has 0 saturated carbocycles. The zero-order valence-electron chi connectivity index (χ0n) is 11.5. The lowest BCUT2D eigenvalue weighted by Crippen LogP contribution is -2.34. The average Bonchev–Trinajstić information content (AvgIpc) is 2.38. The first-order valence-corrected chi connectivity index (χ1v) is 7.54. The fraction of sp³-hybridized carbons (Fsp3) is 0.933. The smallest absolute Gasteiger partial charge is 0.123 e. The SMILES string of the molecule is CCCCCCCCCN1CCC(C=O)CC1. The Labute approximate surface area is 107 Å². The molecule has 1 saturated heterocycles. The summed E-state index contributed by atoms with van der Waals surface area (Å²) in [5.74, 6) is 0.347. The molecule has 0 aliphatic carbocycles. The topological polar surface area (TPSA) is 20.3 Å². The van der Waals surface area contributed by atoms with Gasteiger partial charge in [-0.25, -0.2) is 0 Å². The van der Waals surface area contributed by atoms with Gasteiger partial charge in [-0.3, -0.25) is 0 Å². The summed E-state index contributed by atoms with van der Waals surface area (Å²) in [5.41, 5.74) is 0. The van der Waals surface area contributed by atoms with Crippen LogP contribution in [0.2, 0.25) is 0 Å². The molecule has 17 heavy (non-hydrogen) atoms. The molecule has 2 nitrogen and oxygen atoms in total. The molecule has 0 aromatic rings. The van der Waals surface area contributed by atoms with Gasteiger partial charge in [0.1, 0.15) is 6.29 Å². The van der Waals surface area contributed by atoms with Crippen LogP contribution in [0, 0.1) is 5.92 Å². The summed E-state index contributed by atoms with van der Waals surface area (Å²) in [6.45, 7) is 5.79. The van der Waals surface area contributed by atoms with Crippen LogP contribution >= 0.6 is 0 Å². The lowest BCUT2D eigenvalue weighted by molar-refractivity contribution is -0.112.